The first-order chi connectivity index (χ1) is 8.13. The maximum absolute atomic E-state index is 12.8. The molecule has 0 amide bonds. The number of aryl methyl sites for hydroxylation is 1. The molecule has 0 aliphatic heterocycles. The molecular formula is C13H14FN3. The van der Waals surface area contributed by atoms with Crippen molar-refractivity contribution < 1.29 is 4.39 Å². The molecular weight excluding hydrogens is 217 g/mol. The van der Waals surface area contributed by atoms with Gasteiger partial charge in [-0.05, 0) is 31.2 Å². The summed E-state index contributed by atoms with van der Waals surface area (Å²) in [5.41, 5.74) is 7.52. The number of hydrogen-bond acceptors (Lipinski definition) is 2. The molecule has 0 unspecified atom stereocenters. The molecule has 0 fully saturated rings. The van der Waals surface area contributed by atoms with Crippen molar-refractivity contribution in [2.45, 2.75) is 13.5 Å². The van der Waals surface area contributed by atoms with Crippen LogP contribution in [0.25, 0.3) is 11.3 Å². The van der Waals surface area contributed by atoms with Gasteiger partial charge in [-0.1, -0.05) is 6.08 Å². The van der Waals surface area contributed by atoms with Crippen LogP contribution in [-0.4, -0.2) is 9.55 Å². The monoisotopic (exact) mass is 231 g/mol. The highest BCUT2D eigenvalue weighted by Crippen LogP contribution is 2.26. The molecule has 0 aliphatic rings. The van der Waals surface area contributed by atoms with Crippen LogP contribution >= 0.6 is 0 Å². The van der Waals surface area contributed by atoms with E-state index in [1.807, 2.05) is 11.5 Å². The van der Waals surface area contributed by atoms with Gasteiger partial charge in [-0.3, -0.25) is 0 Å². The summed E-state index contributed by atoms with van der Waals surface area (Å²) in [5.74, 6) is 1.13. The molecule has 0 saturated carbocycles. The Labute approximate surface area is 99.4 Å². The molecule has 17 heavy (non-hydrogen) atoms. The molecule has 2 N–H and O–H groups in total. The lowest BCUT2D eigenvalue weighted by molar-refractivity contribution is 0.628. The molecule has 1 aromatic carbocycles. The first-order valence-electron chi connectivity index (χ1n) is 5.33. The summed E-state index contributed by atoms with van der Waals surface area (Å²) in [6.07, 6.45) is 1.76. The second-order valence-corrected chi connectivity index (χ2v) is 3.80. The Hall–Kier alpha value is -2.10. The summed E-state index contributed by atoms with van der Waals surface area (Å²) in [5, 5.41) is 0. The highest BCUT2D eigenvalue weighted by Gasteiger charge is 2.12. The fourth-order valence-electron chi connectivity index (χ4n) is 1.76. The fraction of sp³-hybridized carbons (Fsp3) is 0.154. The van der Waals surface area contributed by atoms with E-state index in [0.717, 1.165) is 11.4 Å². The van der Waals surface area contributed by atoms with E-state index >= 15 is 0 Å². The number of benzene rings is 1. The normalized spacial score (nSPS) is 10.5. The van der Waals surface area contributed by atoms with Gasteiger partial charge in [-0.25, -0.2) is 9.37 Å². The minimum absolute atomic E-state index is 0.269. The number of imidazole rings is 1. The Bertz CT molecular complexity index is 541. The lowest BCUT2D eigenvalue weighted by atomic mass is 10.1. The summed E-state index contributed by atoms with van der Waals surface area (Å²) in [4.78, 5) is 4.40. The first-order valence-corrected chi connectivity index (χ1v) is 5.33. The van der Waals surface area contributed by atoms with Crippen LogP contribution < -0.4 is 5.73 Å². The predicted octanol–water partition coefficient (Wildman–Crippen LogP) is 2.77. The third-order valence-corrected chi connectivity index (χ3v) is 2.63. The number of aromatic nitrogens is 2. The van der Waals surface area contributed by atoms with Crippen LogP contribution in [0.3, 0.4) is 0 Å². The second kappa shape index (κ2) is 4.41. The minimum atomic E-state index is -0.269. The van der Waals surface area contributed by atoms with Crippen LogP contribution in [0.1, 0.15) is 5.82 Å². The number of nitrogens with zero attached hydrogens (tertiary/aromatic N) is 2. The molecule has 4 heteroatoms. The molecule has 0 saturated heterocycles. The number of nitrogen functional groups attached to an aromatic ring is 1. The summed E-state index contributed by atoms with van der Waals surface area (Å²) < 4.78 is 14.7. The average Bonchev–Trinajstić information content (AvgIpc) is 2.59. The lowest BCUT2D eigenvalue weighted by Gasteiger charge is -2.03. The largest absolute Gasteiger partial charge is 0.383 e. The van der Waals surface area contributed by atoms with Crippen molar-refractivity contribution in [3.63, 3.8) is 0 Å². The van der Waals surface area contributed by atoms with E-state index in [9.17, 15) is 4.39 Å². The Balaban J connectivity index is 2.49. The van der Waals surface area contributed by atoms with Crippen molar-refractivity contribution in [3.05, 3.63) is 48.6 Å². The molecule has 0 bridgehead atoms. The van der Waals surface area contributed by atoms with Gasteiger partial charge in [-0.15, -0.1) is 6.58 Å². The fourth-order valence-corrected chi connectivity index (χ4v) is 1.76. The van der Waals surface area contributed by atoms with Crippen LogP contribution in [0.5, 0.6) is 0 Å². The number of anilines is 1. The number of halogens is 1. The number of nitrogens with two attached hydrogens (primary N) is 1. The van der Waals surface area contributed by atoms with Gasteiger partial charge < -0.3 is 10.3 Å². The van der Waals surface area contributed by atoms with Gasteiger partial charge in [0.05, 0.1) is 0 Å². The molecule has 1 aromatic heterocycles. The standard InChI is InChI=1S/C13H14FN3/c1-3-8-17-9(2)16-12(13(17)15)10-4-6-11(14)7-5-10/h3-7H,1,8,15H2,2H3. The molecule has 0 spiro atoms. The quantitative estimate of drug-likeness (QED) is 0.825. The zero-order valence-corrected chi connectivity index (χ0v) is 9.65. The summed E-state index contributed by atoms with van der Waals surface area (Å²) in [6.45, 7) is 6.18. The highest BCUT2D eigenvalue weighted by molar-refractivity contribution is 5.70. The Kier molecular flexibility index (Phi) is 2.95. The number of rotatable bonds is 3. The Morgan fingerprint density at radius 3 is 2.65 bits per heavy atom. The van der Waals surface area contributed by atoms with Crippen molar-refractivity contribution in [1.82, 2.24) is 9.55 Å². The third kappa shape index (κ3) is 2.06. The summed E-state index contributed by atoms with van der Waals surface area (Å²) in [7, 11) is 0. The maximum Gasteiger partial charge on any atom is 0.132 e. The second-order valence-electron chi connectivity index (χ2n) is 3.80. The van der Waals surface area contributed by atoms with Crippen molar-refractivity contribution >= 4 is 5.82 Å². The zero-order chi connectivity index (χ0) is 12.4. The molecule has 2 aromatic rings. The molecule has 88 valence electrons. The topological polar surface area (TPSA) is 43.8 Å². The van der Waals surface area contributed by atoms with Gasteiger partial charge in [0.15, 0.2) is 0 Å². The average molecular weight is 231 g/mol. The van der Waals surface area contributed by atoms with Crippen molar-refractivity contribution in [1.29, 1.82) is 0 Å². The molecule has 2 rings (SSSR count). The van der Waals surface area contributed by atoms with Gasteiger partial charge in [0.1, 0.15) is 23.2 Å². The van der Waals surface area contributed by atoms with Crippen LogP contribution in [0.2, 0.25) is 0 Å². The van der Waals surface area contributed by atoms with E-state index < -0.39 is 0 Å². The molecule has 0 atom stereocenters. The van der Waals surface area contributed by atoms with Crippen LogP contribution in [0, 0.1) is 12.7 Å². The van der Waals surface area contributed by atoms with E-state index in [1.54, 1.807) is 18.2 Å². The van der Waals surface area contributed by atoms with Gasteiger partial charge in [0, 0.05) is 12.1 Å². The lowest BCUT2D eigenvalue weighted by Crippen LogP contribution is -2.03. The summed E-state index contributed by atoms with van der Waals surface area (Å²) in [6, 6.07) is 6.14. The van der Waals surface area contributed by atoms with E-state index in [1.165, 1.54) is 12.1 Å². The van der Waals surface area contributed by atoms with Crippen LogP contribution in [-0.2, 0) is 6.54 Å². The molecule has 0 aliphatic carbocycles. The highest BCUT2D eigenvalue weighted by atomic mass is 19.1. The Morgan fingerprint density at radius 2 is 2.06 bits per heavy atom. The van der Waals surface area contributed by atoms with Crippen molar-refractivity contribution in [2.75, 3.05) is 5.73 Å². The van der Waals surface area contributed by atoms with E-state index in [0.29, 0.717) is 18.1 Å². The smallest absolute Gasteiger partial charge is 0.132 e. The third-order valence-electron chi connectivity index (χ3n) is 2.63. The van der Waals surface area contributed by atoms with E-state index in [4.69, 9.17) is 5.73 Å². The Morgan fingerprint density at radius 1 is 1.41 bits per heavy atom. The van der Waals surface area contributed by atoms with Gasteiger partial charge in [0.25, 0.3) is 0 Å². The van der Waals surface area contributed by atoms with E-state index in [-0.39, 0.29) is 5.82 Å². The maximum atomic E-state index is 12.8. The van der Waals surface area contributed by atoms with Gasteiger partial charge in [0.2, 0.25) is 0 Å². The molecule has 3 nitrogen and oxygen atoms in total. The number of allylic oxidation sites excluding steroid dienone is 1. The molecule has 0 radical (unpaired) electrons. The van der Waals surface area contributed by atoms with Crippen molar-refractivity contribution in [3.8, 4) is 11.3 Å². The number of hydrogen-bond donors (Lipinski definition) is 1. The SMILES string of the molecule is C=CCn1c(C)nc(-c2ccc(F)cc2)c1N. The van der Waals surface area contributed by atoms with Crippen LogP contribution in [0.15, 0.2) is 36.9 Å². The minimum Gasteiger partial charge on any atom is -0.383 e. The molecule has 1 heterocycles. The zero-order valence-electron chi connectivity index (χ0n) is 9.65. The van der Waals surface area contributed by atoms with Gasteiger partial charge in [-0.2, -0.15) is 0 Å². The van der Waals surface area contributed by atoms with Crippen LogP contribution in [0.4, 0.5) is 10.2 Å². The predicted molar refractivity (Wildman–Crippen MR) is 67.0 cm³/mol. The first kappa shape index (κ1) is 11.4. The van der Waals surface area contributed by atoms with Gasteiger partial charge >= 0.3 is 0 Å². The van der Waals surface area contributed by atoms with Crippen molar-refractivity contribution in [2.24, 2.45) is 0 Å². The summed E-state index contributed by atoms with van der Waals surface area (Å²) >= 11 is 0. The van der Waals surface area contributed by atoms with E-state index in [2.05, 4.69) is 11.6 Å².